The normalized spacial score (nSPS) is 15.0. The fourth-order valence-corrected chi connectivity index (χ4v) is 4.11. The smallest absolute Gasteiger partial charge is 0.267 e. The third-order valence-corrected chi connectivity index (χ3v) is 5.46. The molecule has 1 fully saturated rings. The molecule has 2 aromatic rings. The lowest BCUT2D eigenvalue weighted by Crippen LogP contribution is -2.32. The molecule has 2 heterocycles. The number of carbonyl (C=O) groups is 1. The van der Waals surface area contributed by atoms with Crippen LogP contribution in [0, 0.1) is 6.92 Å². The van der Waals surface area contributed by atoms with Gasteiger partial charge in [0.1, 0.15) is 4.88 Å². The number of aryl methyl sites for hydroxylation is 1. The van der Waals surface area contributed by atoms with E-state index in [1.807, 2.05) is 49.0 Å². The number of thiazole rings is 1. The topological polar surface area (TPSA) is 45.2 Å². The van der Waals surface area contributed by atoms with Gasteiger partial charge < -0.3 is 10.2 Å². The van der Waals surface area contributed by atoms with Crippen molar-refractivity contribution in [3.8, 4) is 0 Å². The van der Waals surface area contributed by atoms with Gasteiger partial charge in [-0.05, 0) is 19.1 Å². The van der Waals surface area contributed by atoms with Gasteiger partial charge in [-0.3, -0.25) is 4.79 Å². The van der Waals surface area contributed by atoms with E-state index in [9.17, 15) is 4.79 Å². The molecular weight excluding hydrogens is 302 g/mol. The van der Waals surface area contributed by atoms with Crippen LogP contribution in [0.1, 0.15) is 15.4 Å². The van der Waals surface area contributed by atoms with E-state index in [2.05, 4.69) is 15.2 Å². The Morgan fingerprint density at radius 3 is 2.67 bits per heavy atom. The number of carbonyl (C=O) groups excluding carboxylic acids is 1. The van der Waals surface area contributed by atoms with Crippen molar-refractivity contribution < 1.29 is 4.79 Å². The van der Waals surface area contributed by atoms with E-state index in [4.69, 9.17) is 0 Å². The fourth-order valence-electron chi connectivity index (χ4n) is 2.19. The summed E-state index contributed by atoms with van der Waals surface area (Å²) in [6, 6.07) is 9.52. The van der Waals surface area contributed by atoms with Crippen LogP contribution in [0.15, 0.2) is 30.3 Å². The molecule has 0 bridgehead atoms. The molecule has 0 atom stereocenters. The lowest BCUT2D eigenvalue weighted by atomic mass is 10.3. The molecule has 0 radical (unpaired) electrons. The number of rotatable bonds is 3. The van der Waals surface area contributed by atoms with E-state index in [1.165, 1.54) is 11.3 Å². The van der Waals surface area contributed by atoms with E-state index >= 15 is 0 Å². The van der Waals surface area contributed by atoms with E-state index in [0.717, 1.165) is 41.1 Å². The minimum Gasteiger partial charge on any atom is -0.346 e. The number of anilines is 2. The number of thioether (sulfide) groups is 1. The molecule has 1 N–H and O–H groups in total. The average molecular weight is 319 g/mol. The number of benzene rings is 1. The summed E-state index contributed by atoms with van der Waals surface area (Å²) < 4.78 is 0. The van der Waals surface area contributed by atoms with Crippen molar-refractivity contribution in [1.29, 1.82) is 0 Å². The summed E-state index contributed by atoms with van der Waals surface area (Å²) in [5.41, 5.74) is 1.62. The summed E-state index contributed by atoms with van der Waals surface area (Å²) in [5.74, 6) is 2.18. The predicted octanol–water partition coefficient (Wildman–Crippen LogP) is 3.26. The van der Waals surface area contributed by atoms with Gasteiger partial charge in [0.2, 0.25) is 0 Å². The van der Waals surface area contributed by atoms with Crippen molar-refractivity contribution in [2.24, 2.45) is 0 Å². The molecule has 1 amide bonds. The molecule has 4 nitrogen and oxygen atoms in total. The molecule has 0 saturated carbocycles. The standard InChI is InChI=1S/C15H17N3OS2/c1-11-13(14(19)17-12-5-3-2-4-6-12)21-15(16-11)18-7-9-20-10-8-18/h2-6H,7-10H2,1H3,(H,17,19). The van der Waals surface area contributed by atoms with Crippen LogP contribution in [0.5, 0.6) is 0 Å². The van der Waals surface area contributed by atoms with Crippen LogP contribution >= 0.6 is 23.1 Å². The van der Waals surface area contributed by atoms with Crippen molar-refractivity contribution in [1.82, 2.24) is 4.98 Å². The average Bonchev–Trinajstić information content (AvgIpc) is 2.91. The SMILES string of the molecule is Cc1nc(N2CCSCC2)sc1C(=O)Nc1ccccc1. The Kier molecular flexibility index (Phi) is 4.45. The summed E-state index contributed by atoms with van der Waals surface area (Å²) in [5, 5.41) is 3.89. The van der Waals surface area contributed by atoms with Crippen LogP contribution in [0.25, 0.3) is 0 Å². The zero-order valence-corrected chi connectivity index (χ0v) is 13.5. The van der Waals surface area contributed by atoms with E-state index in [0.29, 0.717) is 4.88 Å². The van der Waals surface area contributed by atoms with Crippen molar-refractivity contribution in [3.63, 3.8) is 0 Å². The molecule has 0 unspecified atom stereocenters. The first-order chi connectivity index (χ1) is 10.2. The summed E-state index contributed by atoms with van der Waals surface area (Å²) in [4.78, 5) is 19.9. The molecule has 3 rings (SSSR count). The number of hydrogen-bond acceptors (Lipinski definition) is 5. The van der Waals surface area contributed by atoms with Gasteiger partial charge in [-0.25, -0.2) is 4.98 Å². The molecule has 1 aliphatic rings. The Morgan fingerprint density at radius 1 is 1.24 bits per heavy atom. The van der Waals surface area contributed by atoms with Crippen molar-refractivity contribution in [2.75, 3.05) is 34.8 Å². The zero-order valence-electron chi connectivity index (χ0n) is 11.8. The number of aromatic nitrogens is 1. The Balaban J connectivity index is 1.75. The molecule has 1 aliphatic heterocycles. The Bertz CT molecular complexity index is 621. The van der Waals surface area contributed by atoms with Gasteiger partial charge in [0.25, 0.3) is 5.91 Å². The lowest BCUT2D eigenvalue weighted by molar-refractivity contribution is 0.103. The summed E-state index contributed by atoms with van der Waals surface area (Å²) in [6.07, 6.45) is 0. The van der Waals surface area contributed by atoms with Gasteiger partial charge in [-0.15, -0.1) is 0 Å². The van der Waals surface area contributed by atoms with Gasteiger partial charge in [0.15, 0.2) is 5.13 Å². The Morgan fingerprint density at radius 2 is 1.95 bits per heavy atom. The molecular formula is C15H17N3OS2. The van der Waals surface area contributed by atoms with Crippen LogP contribution in [0.3, 0.4) is 0 Å². The summed E-state index contributed by atoms with van der Waals surface area (Å²) >= 11 is 3.46. The quantitative estimate of drug-likeness (QED) is 0.943. The number of amides is 1. The maximum absolute atomic E-state index is 12.4. The highest BCUT2D eigenvalue weighted by molar-refractivity contribution is 7.99. The largest absolute Gasteiger partial charge is 0.346 e. The number of para-hydroxylation sites is 1. The maximum atomic E-state index is 12.4. The number of hydrogen-bond donors (Lipinski definition) is 1. The number of nitrogens with zero attached hydrogens (tertiary/aromatic N) is 2. The highest BCUT2D eigenvalue weighted by atomic mass is 32.2. The lowest BCUT2D eigenvalue weighted by Gasteiger charge is -2.25. The number of nitrogens with one attached hydrogen (secondary N) is 1. The molecule has 0 aliphatic carbocycles. The zero-order chi connectivity index (χ0) is 14.7. The van der Waals surface area contributed by atoms with Crippen molar-refractivity contribution in [2.45, 2.75) is 6.92 Å². The third kappa shape index (κ3) is 3.39. The first-order valence-electron chi connectivity index (χ1n) is 6.90. The highest BCUT2D eigenvalue weighted by Crippen LogP contribution is 2.28. The first kappa shape index (κ1) is 14.4. The summed E-state index contributed by atoms with van der Waals surface area (Å²) in [6.45, 7) is 3.92. The van der Waals surface area contributed by atoms with Gasteiger partial charge in [-0.1, -0.05) is 29.5 Å². The maximum Gasteiger partial charge on any atom is 0.267 e. The molecule has 0 spiro atoms. The second-order valence-corrected chi connectivity index (χ2v) is 7.03. The molecule has 21 heavy (non-hydrogen) atoms. The monoisotopic (exact) mass is 319 g/mol. The minimum atomic E-state index is -0.0752. The Hall–Kier alpha value is -1.53. The van der Waals surface area contributed by atoms with Gasteiger partial charge >= 0.3 is 0 Å². The van der Waals surface area contributed by atoms with Crippen LogP contribution in [-0.2, 0) is 0 Å². The molecule has 1 saturated heterocycles. The van der Waals surface area contributed by atoms with Crippen LogP contribution in [-0.4, -0.2) is 35.5 Å². The molecule has 1 aromatic carbocycles. The second-order valence-electron chi connectivity index (χ2n) is 4.83. The molecule has 110 valence electrons. The second kappa shape index (κ2) is 6.49. The van der Waals surface area contributed by atoms with Crippen LogP contribution in [0.4, 0.5) is 10.8 Å². The van der Waals surface area contributed by atoms with Gasteiger partial charge in [0, 0.05) is 30.3 Å². The van der Waals surface area contributed by atoms with Gasteiger partial charge in [-0.2, -0.15) is 11.8 Å². The minimum absolute atomic E-state index is 0.0752. The van der Waals surface area contributed by atoms with Crippen LogP contribution in [0.2, 0.25) is 0 Å². The van der Waals surface area contributed by atoms with Gasteiger partial charge in [0.05, 0.1) is 5.69 Å². The van der Waals surface area contributed by atoms with E-state index in [-0.39, 0.29) is 5.91 Å². The van der Waals surface area contributed by atoms with E-state index < -0.39 is 0 Å². The first-order valence-corrected chi connectivity index (χ1v) is 8.87. The third-order valence-electron chi connectivity index (χ3n) is 3.30. The van der Waals surface area contributed by atoms with Crippen LogP contribution < -0.4 is 10.2 Å². The highest BCUT2D eigenvalue weighted by Gasteiger charge is 2.20. The van der Waals surface area contributed by atoms with Crippen molar-refractivity contribution >= 4 is 39.8 Å². The predicted molar refractivity (Wildman–Crippen MR) is 90.8 cm³/mol. The van der Waals surface area contributed by atoms with Crippen molar-refractivity contribution in [3.05, 3.63) is 40.9 Å². The van der Waals surface area contributed by atoms with E-state index in [1.54, 1.807) is 0 Å². The molecule has 6 heteroatoms. The fraction of sp³-hybridized carbons (Fsp3) is 0.333. The summed E-state index contributed by atoms with van der Waals surface area (Å²) in [7, 11) is 0. The molecule has 1 aromatic heterocycles. The Labute approximate surface area is 132 Å².